The molecule has 0 spiro atoms. The maximum absolute atomic E-state index is 7.57. The first-order valence-electron chi connectivity index (χ1n) is 21.1. The molecule has 0 aliphatic carbocycles. The molecule has 1 aliphatic heterocycles. The van der Waals surface area contributed by atoms with Gasteiger partial charge < -0.3 is 4.74 Å². The fourth-order valence-corrected chi connectivity index (χ4v) is 53.2. The predicted molar refractivity (Wildman–Crippen MR) is 298 cm³/mol. The first-order valence-corrected chi connectivity index (χ1v) is 33.1. The van der Waals surface area contributed by atoms with Crippen LogP contribution >= 0.6 is 47.0 Å². The van der Waals surface area contributed by atoms with Crippen molar-refractivity contribution < 1.29 is 4.74 Å². The van der Waals surface area contributed by atoms with Gasteiger partial charge in [-0.1, -0.05) is 289 Å². The zero-order valence-corrected chi connectivity index (χ0v) is 42.2. The topological polar surface area (TPSA) is 9.23 Å². The zero-order valence-electron chi connectivity index (χ0n) is 35.3. The van der Waals surface area contributed by atoms with E-state index in [4.69, 9.17) is 28.4 Å². The second-order valence-electron chi connectivity index (χ2n) is 14.7. The first-order chi connectivity index (χ1) is 30.9. The molecular weight excluding hydrogens is 917 g/mol. The van der Waals surface area contributed by atoms with Gasteiger partial charge >= 0.3 is 0 Å². The summed E-state index contributed by atoms with van der Waals surface area (Å²) in [5.74, 6) is 0. The molecule has 1 nitrogen and oxygen atoms in total. The first kappa shape index (κ1) is 45.9. The van der Waals surface area contributed by atoms with E-state index >= 15 is 0 Å². The lowest BCUT2D eigenvalue weighted by molar-refractivity contribution is 0.162. The number of thioether (sulfide) groups is 1. The average Bonchev–Trinajstić information content (AvgIpc) is 3.38. The molecule has 0 amide bonds. The monoisotopic (exact) mass is 966 g/mol. The van der Waals surface area contributed by atoms with Crippen molar-refractivity contribution in [3.63, 3.8) is 0 Å². The van der Waals surface area contributed by atoms with E-state index in [9.17, 15) is 0 Å². The van der Waals surface area contributed by atoms with Crippen molar-refractivity contribution in [1.29, 1.82) is 0 Å². The largest absolute Gasteiger partial charge is 0.382 e. The molecule has 0 fully saturated rings. The summed E-state index contributed by atoms with van der Waals surface area (Å²) in [5, 5.41) is 10.1. The van der Waals surface area contributed by atoms with Gasteiger partial charge in [0.15, 0.2) is 0 Å². The van der Waals surface area contributed by atoms with E-state index in [0.29, 0.717) is 0 Å². The Morgan fingerprint density at radius 3 is 0.746 bits per heavy atom. The lowest BCUT2D eigenvalue weighted by atomic mass is 10.4. The minimum atomic E-state index is -2.77. The molecule has 1 heterocycles. The second kappa shape index (κ2) is 21.1. The summed E-state index contributed by atoms with van der Waals surface area (Å²) >= 11 is 19.4. The van der Waals surface area contributed by atoms with E-state index in [1.165, 1.54) is 51.2 Å². The minimum Gasteiger partial charge on any atom is -0.382 e. The van der Waals surface area contributed by atoms with E-state index < -0.39 is 24.3 Å². The van der Waals surface area contributed by atoms with Crippen LogP contribution in [0.2, 0.25) is 0 Å². The Hall–Kier alpha value is -3.68. The smallest absolute Gasteiger partial charge is 0.0470 e. The SMILES string of the molecule is CCOCC.S=P(C1=P(c2ccccc2)(c2ccccc2)SP(c2ccccc2)(c2ccccc2)=C(P(=S)(c2ccccc2)c2ccccc2)S1)(c1ccccc1)c1ccccc1. The highest BCUT2D eigenvalue weighted by Crippen LogP contribution is 2.87. The molecule has 316 valence electrons. The molecule has 0 aromatic heterocycles. The standard InChI is InChI=1S/C50H40P4S4.C4H10O/c55-51(41-25-9-1-10-26-41,42-27-11-2-12-28-42)49-53(45-33-17-5-18-34-45,46-35-19-6-20-36-46)58-54(47-37-21-7-22-38-47,48-39-23-8-24-40-48)50(57-49)52(56,43-29-13-3-14-30-43)44-31-15-4-16-32-44;1-3-5-4-2/h1-40H;3-4H2,1-2H3. The highest BCUT2D eigenvalue weighted by molar-refractivity contribution is 9.02. The van der Waals surface area contributed by atoms with Gasteiger partial charge in [0.1, 0.15) is 0 Å². The van der Waals surface area contributed by atoms with Crippen LogP contribution in [-0.2, 0) is 28.4 Å². The van der Waals surface area contributed by atoms with Crippen LogP contribution in [-0.4, -0.2) is 21.9 Å². The lowest BCUT2D eigenvalue weighted by Gasteiger charge is -2.48. The number of ether oxygens (including phenoxy) is 1. The van der Waals surface area contributed by atoms with Crippen molar-refractivity contribution in [1.82, 2.24) is 0 Å². The minimum absolute atomic E-state index is 0.844. The van der Waals surface area contributed by atoms with Gasteiger partial charge in [0.25, 0.3) is 0 Å². The third kappa shape index (κ3) is 8.88. The molecule has 0 bridgehead atoms. The van der Waals surface area contributed by atoms with E-state index in [2.05, 4.69) is 254 Å². The molecule has 8 aromatic rings. The van der Waals surface area contributed by atoms with Gasteiger partial charge in [-0.05, 0) is 56.3 Å². The molecule has 9 heteroatoms. The Kier molecular flexibility index (Phi) is 15.4. The fourth-order valence-electron chi connectivity index (χ4n) is 7.96. The highest BCUT2D eigenvalue weighted by atomic mass is 33.1. The quantitative estimate of drug-likeness (QED) is 0.113. The number of hydrogen-bond donors (Lipinski definition) is 0. The van der Waals surface area contributed by atoms with Gasteiger partial charge in [0.05, 0.1) is 0 Å². The molecule has 0 atom stereocenters. The van der Waals surface area contributed by atoms with Crippen LogP contribution in [0.4, 0.5) is 0 Å². The molecule has 9 rings (SSSR count). The van der Waals surface area contributed by atoms with Gasteiger partial charge in [0.2, 0.25) is 0 Å². The Bertz CT molecular complexity index is 2560. The molecule has 0 saturated heterocycles. The van der Waals surface area contributed by atoms with Gasteiger partial charge in [-0.15, -0.1) is 0 Å². The van der Waals surface area contributed by atoms with Crippen LogP contribution in [0.3, 0.4) is 0 Å². The van der Waals surface area contributed by atoms with Crippen molar-refractivity contribution in [2.45, 2.75) is 13.8 Å². The highest BCUT2D eigenvalue weighted by Gasteiger charge is 2.51. The summed E-state index contributed by atoms with van der Waals surface area (Å²) in [6, 6.07) is 83.9. The molecule has 8 aromatic carbocycles. The zero-order chi connectivity index (χ0) is 43.6. The third-order valence-electron chi connectivity index (χ3n) is 10.9. The van der Waals surface area contributed by atoms with Crippen LogP contribution in [0.1, 0.15) is 13.8 Å². The van der Waals surface area contributed by atoms with Crippen molar-refractivity contribution in [2.24, 2.45) is 0 Å². The van der Waals surface area contributed by atoms with Crippen LogP contribution in [0, 0.1) is 0 Å². The normalized spacial score (nSPS) is 14.6. The van der Waals surface area contributed by atoms with Crippen molar-refractivity contribution >= 4 is 122 Å². The van der Waals surface area contributed by atoms with Crippen LogP contribution in [0.15, 0.2) is 243 Å². The van der Waals surface area contributed by atoms with Crippen LogP contribution in [0.25, 0.3) is 0 Å². The summed E-state index contributed by atoms with van der Waals surface area (Å²) in [6.45, 7) is 5.67. The predicted octanol–water partition coefficient (Wildman–Crippen LogP) is 12.1. The summed E-state index contributed by atoms with van der Waals surface area (Å²) in [4.78, 5) is 0. The molecule has 0 saturated carbocycles. The summed E-state index contributed by atoms with van der Waals surface area (Å²) in [7, 11) is 0. The summed E-state index contributed by atoms with van der Waals surface area (Å²) < 4.78 is 7.60. The molecular formula is C54H50OP4S4. The van der Waals surface area contributed by atoms with Gasteiger partial charge in [0, 0.05) is 46.2 Å². The molecule has 63 heavy (non-hydrogen) atoms. The van der Waals surface area contributed by atoms with Crippen molar-refractivity contribution in [2.75, 3.05) is 13.2 Å². The van der Waals surface area contributed by atoms with Gasteiger partial charge in [-0.25, -0.2) is 0 Å². The third-order valence-corrected chi connectivity index (χ3v) is 46.2. The number of hydrogen-bond acceptors (Lipinski definition) is 5. The van der Waals surface area contributed by atoms with Gasteiger partial charge in [-0.3, -0.25) is 0 Å². The van der Waals surface area contributed by atoms with Crippen LogP contribution in [0.5, 0.6) is 0 Å². The van der Waals surface area contributed by atoms with E-state index in [1.54, 1.807) is 0 Å². The van der Waals surface area contributed by atoms with Gasteiger partial charge in [-0.2, -0.15) is 0 Å². The fraction of sp³-hybridized carbons (Fsp3) is 0.0741. The molecule has 1 aliphatic rings. The maximum Gasteiger partial charge on any atom is 0.0470 e. The Morgan fingerprint density at radius 1 is 0.349 bits per heavy atom. The lowest BCUT2D eigenvalue weighted by Crippen LogP contribution is -2.33. The van der Waals surface area contributed by atoms with E-state index in [0.717, 1.165) is 13.2 Å². The summed E-state index contributed by atoms with van der Waals surface area (Å²) in [5.41, 5.74) is 0. The summed E-state index contributed by atoms with van der Waals surface area (Å²) in [6.07, 6.45) is -5.32. The number of benzene rings is 8. The second-order valence-corrected chi connectivity index (χ2v) is 37.1. The van der Waals surface area contributed by atoms with Crippen LogP contribution < -0.4 is 42.4 Å². The van der Waals surface area contributed by atoms with Crippen molar-refractivity contribution in [3.05, 3.63) is 243 Å². The Labute approximate surface area is 393 Å². The molecule has 0 N–H and O–H groups in total. The Morgan fingerprint density at radius 2 is 0.556 bits per heavy atom. The maximum atomic E-state index is 7.57. The Balaban J connectivity index is 0.00000103. The average molecular weight is 967 g/mol. The molecule has 0 unspecified atom stereocenters. The van der Waals surface area contributed by atoms with Crippen molar-refractivity contribution in [3.8, 4) is 0 Å². The number of rotatable bonds is 12. The van der Waals surface area contributed by atoms with E-state index in [1.807, 2.05) is 25.6 Å². The molecule has 0 radical (unpaired) electrons. The van der Waals surface area contributed by atoms with E-state index in [-0.39, 0.29) is 0 Å².